The largest absolute Gasteiger partial charge is 0.480 e. The highest BCUT2D eigenvalue weighted by molar-refractivity contribution is 6.02. The quantitative estimate of drug-likeness (QED) is 0.203. The summed E-state index contributed by atoms with van der Waals surface area (Å²) in [7, 11) is 1.37. The molecular weight excluding hydrogens is 628 g/mol. The summed E-state index contributed by atoms with van der Waals surface area (Å²) in [6, 6.07) is 14.5. The molecule has 4 aromatic carbocycles. The summed E-state index contributed by atoms with van der Waals surface area (Å²) in [5.74, 6) is -5.42. The number of alkyl halides is 4. The van der Waals surface area contributed by atoms with Crippen LogP contribution in [-0.2, 0) is 24.4 Å². The average molecular weight is 654 g/mol. The first-order chi connectivity index (χ1) is 22.3. The van der Waals surface area contributed by atoms with Gasteiger partial charge in [-0.3, -0.25) is 9.59 Å². The van der Waals surface area contributed by atoms with Gasteiger partial charge in [-0.1, -0.05) is 54.6 Å². The number of hydrogen-bond acceptors (Lipinski definition) is 4. The second kappa shape index (κ2) is 11.8. The Labute approximate surface area is 262 Å². The number of aliphatic carboxylic acids is 1. The van der Waals surface area contributed by atoms with E-state index in [1.165, 1.54) is 72.6 Å². The van der Waals surface area contributed by atoms with Crippen LogP contribution in [0.15, 0.2) is 77.6 Å². The van der Waals surface area contributed by atoms with E-state index in [4.69, 9.17) is 0 Å². The Balaban J connectivity index is 1.39. The number of carboxylic acids is 1. The summed E-state index contributed by atoms with van der Waals surface area (Å²) >= 11 is 0. The van der Waals surface area contributed by atoms with E-state index >= 15 is 0 Å². The third-order valence-corrected chi connectivity index (χ3v) is 8.35. The highest BCUT2D eigenvalue weighted by atomic mass is 19.4. The number of anilines is 1. The van der Waals surface area contributed by atoms with Gasteiger partial charge >= 0.3 is 12.1 Å². The predicted molar refractivity (Wildman–Crippen MR) is 163 cm³/mol. The zero-order valence-electron chi connectivity index (χ0n) is 24.5. The summed E-state index contributed by atoms with van der Waals surface area (Å²) < 4.78 is 87.9. The molecule has 0 unspecified atom stereocenters. The number of aryl methyl sites for hydroxylation is 1. The minimum atomic E-state index is -4.91. The first-order valence-electron chi connectivity index (χ1n) is 14.4. The number of carbonyl (C=O) groups excluding carboxylic acids is 1. The van der Waals surface area contributed by atoms with E-state index in [0.29, 0.717) is 5.39 Å². The van der Waals surface area contributed by atoms with E-state index < -0.39 is 70.6 Å². The van der Waals surface area contributed by atoms with Crippen LogP contribution in [0.3, 0.4) is 0 Å². The SMILES string of the molecule is Cn1c(=O)c(-c2cccc3c(C[C@H](NC(=O)c4c(F)cc(N5CC(F)C5)cc4F)C(=O)O)cccc23)c(C(F)(F)F)c2ccccc21. The van der Waals surface area contributed by atoms with Crippen molar-refractivity contribution in [3.63, 3.8) is 0 Å². The molecule has 2 heterocycles. The molecule has 1 atom stereocenters. The van der Waals surface area contributed by atoms with Gasteiger partial charge in [0.05, 0.1) is 29.7 Å². The maximum atomic E-state index is 14.9. The molecule has 0 bridgehead atoms. The van der Waals surface area contributed by atoms with E-state index in [-0.39, 0.29) is 46.2 Å². The molecule has 6 rings (SSSR count). The number of amides is 1. The van der Waals surface area contributed by atoms with Gasteiger partial charge in [-0.25, -0.2) is 18.0 Å². The summed E-state index contributed by atoms with van der Waals surface area (Å²) in [4.78, 5) is 40.1. The molecule has 5 aromatic rings. The molecule has 1 aliphatic rings. The molecular formula is C34H25F6N3O4. The van der Waals surface area contributed by atoms with Crippen molar-refractivity contribution in [2.45, 2.75) is 24.8 Å². The Morgan fingerprint density at radius 2 is 1.55 bits per heavy atom. The van der Waals surface area contributed by atoms with Crippen molar-refractivity contribution in [3.05, 3.63) is 111 Å². The fourth-order valence-electron chi connectivity index (χ4n) is 6.06. The highest BCUT2D eigenvalue weighted by Gasteiger charge is 2.38. The second-order valence-corrected chi connectivity index (χ2v) is 11.3. The lowest BCUT2D eigenvalue weighted by Gasteiger charge is -2.36. The number of hydrogen-bond donors (Lipinski definition) is 2. The van der Waals surface area contributed by atoms with Crippen molar-refractivity contribution in [2.75, 3.05) is 18.0 Å². The Morgan fingerprint density at radius 1 is 0.936 bits per heavy atom. The Hall–Kier alpha value is -5.33. The van der Waals surface area contributed by atoms with Crippen molar-refractivity contribution >= 4 is 39.2 Å². The van der Waals surface area contributed by atoms with Gasteiger partial charge in [0.15, 0.2) is 0 Å². The number of rotatable bonds is 7. The lowest BCUT2D eigenvalue weighted by molar-refractivity contribution is -0.139. The van der Waals surface area contributed by atoms with E-state index in [1.807, 2.05) is 0 Å². The maximum absolute atomic E-state index is 14.9. The molecule has 0 spiro atoms. The topological polar surface area (TPSA) is 91.6 Å². The van der Waals surface area contributed by atoms with Gasteiger partial charge < -0.3 is 19.9 Å². The van der Waals surface area contributed by atoms with Crippen LogP contribution in [0.4, 0.5) is 32.0 Å². The molecule has 242 valence electrons. The van der Waals surface area contributed by atoms with E-state index in [0.717, 1.165) is 16.7 Å². The normalized spacial score (nSPS) is 14.3. The van der Waals surface area contributed by atoms with Gasteiger partial charge in [-0.2, -0.15) is 13.2 Å². The predicted octanol–water partition coefficient (Wildman–Crippen LogP) is 6.24. The number of nitrogens with zero attached hydrogens (tertiary/aromatic N) is 2. The average Bonchev–Trinajstić information content (AvgIpc) is 2.99. The lowest BCUT2D eigenvalue weighted by atomic mass is 9.90. The maximum Gasteiger partial charge on any atom is 0.417 e. The summed E-state index contributed by atoms with van der Waals surface area (Å²) in [5, 5.41) is 12.4. The molecule has 0 saturated carbocycles. The number of fused-ring (bicyclic) bond motifs is 2. The zero-order chi connectivity index (χ0) is 33.8. The van der Waals surface area contributed by atoms with Crippen molar-refractivity contribution in [1.29, 1.82) is 0 Å². The van der Waals surface area contributed by atoms with E-state index in [2.05, 4.69) is 5.32 Å². The number of halogens is 6. The van der Waals surface area contributed by atoms with Crippen LogP contribution in [-0.4, -0.2) is 46.9 Å². The van der Waals surface area contributed by atoms with Gasteiger partial charge in [0.25, 0.3) is 11.5 Å². The minimum absolute atomic E-state index is 0.0294. The van der Waals surface area contributed by atoms with Crippen LogP contribution in [0, 0.1) is 11.6 Å². The minimum Gasteiger partial charge on any atom is -0.480 e. The van der Waals surface area contributed by atoms with Crippen LogP contribution in [0.2, 0.25) is 0 Å². The Morgan fingerprint density at radius 3 is 2.19 bits per heavy atom. The summed E-state index contributed by atoms with van der Waals surface area (Å²) in [5.41, 5.74) is -3.25. The third kappa shape index (κ3) is 5.66. The molecule has 1 fully saturated rings. The van der Waals surface area contributed by atoms with Crippen LogP contribution < -0.4 is 15.8 Å². The first kappa shape index (κ1) is 31.6. The van der Waals surface area contributed by atoms with Gasteiger partial charge in [-0.05, 0) is 40.1 Å². The van der Waals surface area contributed by atoms with Crippen molar-refractivity contribution in [3.8, 4) is 11.1 Å². The zero-order valence-corrected chi connectivity index (χ0v) is 24.5. The fourth-order valence-corrected chi connectivity index (χ4v) is 6.06. The van der Waals surface area contributed by atoms with E-state index in [9.17, 15) is 45.8 Å². The monoisotopic (exact) mass is 653 g/mol. The number of carboxylic acid groups (broad SMARTS) is 1. The third-order valence-electron chi connectivity index (χ3n) is 8.35. The smallest absolute Gasteiger partial charge is 0.417 e. The second-order valence-electron chi connectivity index (χ2n) is 11.3. The van der Waals surface area contributed by atoms with E-state index in [1.54, 1.807) is 0 Å². The van der Waals surface area contributed by atoms with Crippen LogP contribution in [0.1, 0.15) is 21.5 Å². The number of para-hydroxylation sites is 1. The summed E-state index contributed by atoms with van der Waals surface area (Å²) in [6.45, 7) is -0.129. The van der Waals surface area contributed by atoms with Crippen molar-refractivity contribution in [1.82, 2.24) is 9.88 Å². The standard InChI is InChI=1S/C34H25F6N3O4/c1-42-27-11-3-2-7-23(27)30(34(38,39)40)28(32(42)45)22-10-5-8-20-17(6-4-9-21(20)22)12-26(33(46)47)41-31(44)29-24(36)13-19(14-25(29)37)43-15-18(35)16-43/h2-11,13-14,18,26H,12,15-16H2,1H3,(H,41,44)(H,46,47)/t26-/m0/s1. The molecule has 0 aliphatic carbocycles. The fraction of sp³-hybridized carbons (Fsp3) is 0.206. The van der Waals surface area contributed by atoms with Gasteiger partial charge in [0.1, 0.15) is 29.4 Å². The van der Waals surface area contributed by atoms with Gasteiger partial charge in [0.2, 0.25) is 0 Å². The van der Waals surface area contributed by atoms with Crippen molar-refractivity contribution < 1.29 is 41.0 Å². The molecule has 0 radical (unpaired) electrons. The van der Waals surface area contributed by atoms with Gasteiger partial charge in [-0.15, -0.1) is 0 Å². The Kier molecular flexibility index (Phi) is 7.94. The Bertz CT molecular complexity index is 2120. The lowest BCUT2D eigenvalue weighted by Crippen LogP contribution is -2.48. The summed E-state index contributed by atoms with van der Waals surface area (Å²) in [6.07, 6.45) is -6.47. The molecule has 1 saturated heterocycles. The number of carbonyl (C=O) groups is 2. The van der Waals surface area contributed by atoms with Crippen LogP contribution in [0.25, 0.3) is 32.8 Å². The molecule has 2 N–H and O–H groups in total. The molecule has 1 aromatic heterocycles. The molecule has 13 heteroatoms. The van der Waals surface area contributed by atoms with Crippen LogP contribution in [0.5, 0.6) is 0 Å². The number of benzene rings is 4. The highest BCUT2D eigenvalue weighted by Crippen LogP contribution is 2.42. The molecule has 1 aliphatic heterocycles. The first-order valence-corrected chi connectivity index (χ1v) is 14.4. The number of aromatic nitrogens is 1. The molecule has 47 heavy (non-hydrogen) atoms. The molecule has 7 nitrogen and oxygen atoms in total. The van der Waals surface area contributed by atoms with Crippen LogP contribution >= 0.6 is 0 Å². The number of nitrogens with one attached hydrogen (secondary N) is 1. The molecule has 1 amide bonds. The van der Waals surface area contributed by atoms with Crippen molar-refractivity contribution in [2.24, 2.45) is 7.05 Å². The number of pyridine rings is 1. The van der Waals surface area contributed by atoms with Gasteiger partial charge in [0, 0.05) is 24.5 Å².